The first-order valence-corrected chi connectivity index (χ1v) is 23.6. The van der Waals surface area contributed by atoms with E-state index in [0.29, 0.717) is 26.1 Å². The first-order chi connectivity index (χ1) is 25.6. The van der Waals surface area contributed by atoms with Crippen molar-refractivity contribution in [3.05, 3.63) is 0 Å². The molecule has 0 aromatic carbocycles. The highest BCUT2D eigenvalue weighted by Gasteiger charge is 2.17. The second-order valence-corrected chi connectivity index (χ2v) is 16.0. The molecule has 0 saturated carbocycles. The van der Waals surface area contributed by atoms with Crippen molar-refractivity contribution >= 4 is 11.9 Å². The van der Waals surface area contributed by atoms with Gasteiger partial charge in [-0.25, -0.2) is 0 Å². The van der Waals surface area contributed by atoms with Crippen LogP contribution < -0.4 is 0 Å². The van der Waals surface area contributed by atoms with E-state index in [9.17, 15) is 9.59 Å². The minimum absolute atomic E-state index is 0.0952. The third kappa shape index (κ3) is 41.7. The Hall–Kier alpha value is -1.10. The lowest BCUT2D eigenvalue weighted by Crippen LogP contribution is -2.30. The third-order valence-corrected chi connectivity index (χ3v) is 10.6. The normalized spacial score (nSPS) is 12.0. The standard InChI is InChI=1S/C47H92O5/c1-4-7-10-13-15-17-19-21-22-23-24-25-26-27-28-30-32-35-37-40-46(48)51-44-45(52-47(49)41-38-34-12-9-6-3)43-50-42-39-36-33-31-29-20-18-16-14-11-8-5-2/h45H,4-44H2,1-3H3. The van der Waals surface area contributed by atoms with Crippen LogP contribution in [0.3, 0.4) is 0 Å². The maximum atomic E-state index is 12.5. The van der Waals surface area contributed by atoms with Crippen molar-refractivity contribution in [2.24, 2.45) is 0 Å². The third-order valence-electron chi connectivity index (χ3n) is 10.6. The molecule has 0 saturated heterocycles. The van der Waals surface area contributed by atoms with Gasteiger partial charge in [0.2, 0.25) is 0 Å². The number of carbonyl (C=O) groups excluding carboxylic acids is 2. The molecule has 0 aliphatic rings. The van der Waals surface area contributed by atoms with Crippen molar-refractivity contribution in [3.8, 4) is 0 Å². The van der Waals surface area contributed by atoms with Crippen molar-refractivity contribution in [2.75, 3.05) is 19.8 Å². The molecule has 310 valence electrons. The van der Waals surface area contributed by atoms with Gasteiger partial charge in [-0.15, -0.1) is 0 Å². The highest BCUT2D eigenvalue weighted by Crippen LogP contribution is 2.16. The quantitative estimate of drug-likeness (QED) is 0.0460. The molecule has 0 N–H and O–H groups in total. The molecule has 52 heavy (non-hydrogen) atoms. The smallest absolute Gasteiger partial charge is 0.306 e. The molecule has 0 rings (SSSR count). The molecule has 0 fully saturated rings. The summed E-state index contributed by atoms with van der Waals surface area (Å²) in [4.78, 5) is 25.0. The lowest BCUT2D eigenvalue weighted by Gasteiger charge is -2.18. The number of unbranched alkanes of at least 4 members (excludes halogenated alkanes) is 33. The molecule has 0 heterocycles. The van der Waals surface area contributed by atoms with E-state index in [4.69, 9.17) is 14.2 Å². The van der Waals surface area contributed by atoms with E-state index in [1.165, 1.54) is 193 Å². The van der Waals surface area contributed by atoms with Crippen molar-refractivity contribution in [1.82, 2.24) is 0 Å². The van der Waals surface area contributed by atoms with Crippen LogP contribution in [0, 0.1) is 0 Å². The first kappa shape index (κ1) is 50.9. The molecule has 0 bridgehead atoms. The van der Waals surface area contributed by atoms with Gasteiger partial charge in [-0.05, 0) is 19.3 Å². The summed E-state index contributed by atoms with van der Waals surface area (Å²) in [6.45, 7) is 7.81. The van der Waals surface area contributed by atoms with E-state index in [2.05, 4.69) is 20.8 Å². The molecule has 0 aliphatic heterocycles. The summed E-state index contributed by atoms with van der Waals surface area (Å²) in [5.41, 5.74) is 0. The Labute approximate surface area is 325 Å². The average Bonchev–Trinajstić information content (AvgIpc) is 3.14. The number of carbonyl (C=O) groups is 2. The van der Waals surface area contributed by atoms with Crippen LogP contribution >= 0.6 is 0 Å². The number of hydrogen-bond donors (Lipinski definition) is 0. The van der Waals surface area contributed by atoms with Gasteiger partial charge in [-0.2, -0.15) is 0 Å². The molecule has 0 aromatic rings. The van der Waals surface area contributed by atoms with Crippen molar-refractivity contribution in [2.45, 2.75) is 271 Å². The summed E-state index contributed by atoms with van der Waals surface area (Å²) in [6.07, 6.45) is 47.0. The average molecular weight is 737 g/mol. The van der Waals surface area contributed by atoms with E-state index in [-0.39, 0.29) is 18.5 Å². The zero-order chi connectivity index (χ0) is 37.8. The molecule has 0 aliphatic carbocycles. The Balaban J connectivity index is 3.94. The molecule has 0 aromatic heterocycles. The summed E-state index contributed by atoms with van der Waals surface area (Å²) in [5, 5.41) is 0. The minimum Gasteiger partial charge on any atom is -0.462 e. The van der Waals surface area contributed by atoms with Crippen LogP contribution in [0.15, 0.2) is 0 Å². The van der Waals surface area contributed by atoms with Crippen LogP contribution in [0.1, 0.15) is 265 Å². The van der Waals surface area contributed by atoms with Gasteiger partial charge in [0.15, 0.2) is 6.10 Å². The fraction of sp³-hybridized carbons (Fsp3) is 0.957. The predicted octanol–water partition coefficient (Wildman–Crippen LogP) is 15.3. The van der Waals surface area contributed by atoms with Gasteiger partial charge in [0.25, 0.3) is 0 Å². The summed E-state index contributed by atoms with van der Waals surface area (Å²) in [6, 6.07) is 0. The summed E-state index contributed by atoms with van der Waals surface area (Å²) in [7, 11) is 0. The van der Waals surface area contributed by atoms with E-state index < -0.39 is 6.10 Å². The SMILES string of the molecule is CCCCCCCCCCCCCCCCCCCCCC(=O)OCC(COCCCCCCCCCCCCCC)OC(=O)CCCCCCC. The van der Waals surface area contributed by atoms with Crippen LogP contribution in [0.5, 0.6) is 0 Å². The largest absolute Gasteiger partial charge is 0.462 e. The van der Waals surface area contributed by atoms with Crippen LogP contribution in [0.25, 0.3) is 0 Å². The zero-order valence-electron chi connectivity index (χ0n) is 35.6. The number of esters is 2. The highest BCUT2D eigenvalue weighted by atomic mass is 16.6. The van der Waals surface area contributed by atoms with Gasteiger partial charge in [0, 0.05) is 19.4 Å². The lowest BCUT2D eigenvalue weighted by molar-refractivity contribution is -0.163. The van der Waals surface area contributed by atoms with Gasteiger partial charge in [0.05, 0.1) is 6.61 Å². The Kier molecular flexibility index (Phi) is 43.4. The monoisotopic (exact) mass is 737 g/mol. The van der Waals surface area contributed by atoms with Crippen molar-refractivity contribution in [1.29, 1.82) is 0 Å². The summed E-state index contributed by atoms with van der Waals surface area (Å²) >= 11 is 0. The van der Waals surface area contributed by atoms with E-state index >= 15 is 0 Å². The van der Waals surface area contributed by atoms with Crippen molar-refractivity contribution in [3.63, 3.8) is 0 Å². The molecule has 1 atom stereocenters. The topological polar surface area (TPSA) is 61.8 Å². The highest BCUT2D eigenvalue weighted by molar-refractivity contribution is 5.70. The Morgan fingerprint density at radius 2 is 0.635 bits per heavy atom. The van der Waals surface area contributed by atoms with Gasteiger partial charge in [-0.3, -0.25) is 9.59 Å². The maximum Gasteiger partial charge on any atom is 0.306 e. The number of ether oxygens (including phenoxy) is 3. The maximum absolute atomic E-state index is 12.5. The Morgan fingerprint density at radius 3 is 0.981 bits per heavy atom. The molecular weight excluding hydrogens is 645 g/mol. The molecule has 0 radical (unpaired) electrons. The fourth-order valence-corrected chi connectivity index (χ4v) is 7.10. The molecule has 1 unspecified atom stereocenters. The van der Waals surface area contributed by atoms with Gasteiger partial charge in [0.1, 0.15) is 6.61 Å². The van der Waals surface area contributed by atoms with Gasteiger partial charge < -0.3 is 14.2 Å². The van der Waals surface area contributed by atoms with Crippen molar-refractivity contribution < 1.29 is 23.8 Å². The molecule has 5 nitrogen and oxygen atoms in total. The zero-order valence-corrected chi connectivity index (χ0v) is 35.6. The second-order valence-electron chi connectivity index (χ2n) is 16.0. The minimum atomic E-state index is -0.519. The Morgan fingerprint density at radius 1 is 0.346 bits per heavy atom. The van der Waals surface area contributed by atoms with Crippen LogP contribution in [-0.2, 0) is 23.8 Å². The molecule has 5 heteroatoms. The van der Waals surface area contributed by atoms with E-state index in [1.807, 2.05) is 0 Å². The second kappa shape index (κ2) is 44.3. The number of hydrogen-bond acceptors (Lipinski definition) is 5. The van der Waals surface area contributed by atoms with Crippen LogP contribution in [0.4, 0.5) is 0 Å². The van der Waals surface area contributed by atoms with Crippen LogP contribution in [0.2, 0.25) is 0 Å². The molecule has 0 amide bonds. The predicted molar refractivity (Wildman–Crippen MR) is 224 cm³/mol. The van der Waals surface area contributed by atoms with E-state index in [0.717, 1.165) is 38.5 Å². The van der Waals surface area contributed by atoms with Crippen LogP contribution in [-0.4, -0.2) is 37.9 Å². The first-order valence-electron chi connectivity index (χ1n) is 23.6. The summed E-state index contributed by atoms with van der Waals surface area (Å²) in [5.74, 6) is -0.390. The Bertz CT molecular complexity index is 710. The molecule has 0 spiro atoms. The molecular formula is C47H92O5. The van der Waals surface area contributed by atoms with Gasteiger partial charge >= 0.3 is 11.9 Å². The van der Waals surface area contributed by atoms with Gasteiger partial charge in [-0.1, -0.05) is 233 Å². The van der Waals surface area contributed by atoms with E-state index in [1.54, 1.807) is 0 Å². The fourth-order valence-electron chi connectivity index (χ4n) is 7.10. The number of rotatable bonds is 44. The lowest BCUT2D eigenvalue weighted by atomic mass is 10.0. The summed E-state index contributed by atoms with van der Waals surface area (Å²) < 4.78 is 17.2.